The van der Waals surface area contributed by atoms with E-state index in [1.807, 2.05) is 0 Å². The first-order chi connectivity index (χ1) is 9.31. The van der Waals surface area contributed by atoms with E-state index in [-0.39, 0.29) is 20.5 Å². The zero-order valence-electron chi connectivity index (χ0n) is 9.63. The molecule has 0 amide bonds. The van der Waals surface area contributed by atoms with Gasteiger partial charge in [-0.15, -0.1) is 11.3 Å². The van der Waals surface area contributed by atoms with Gasteiger partial charge >= 0.3 is 5.97 Å². The Bertz CT molecular complexity index is 772. The van der Waals surface area contributed by atoms with E-state index in [1.165, 1.54) is 17.5 Å². The smallest absolute Gasteiger partial charge is 0.347 e. The number of rotatable bonds is 4. The summed E-state index contributed by atoms with van der Waals surface area (Å²) in [5.41, 5.74) is 0.0407. The molecule has 0 unspecified atom stereocenters. The summed E-state index contributed by atoms with van der Waals surface area (Å²) >= 11 is 6.34. The van der Waals surface area contributed by atoms with E-state index in [4.69, 9.17) is 16.7 Å². The fourth-order valence-electron chi connectivity index (χ4n) is 1.43. The Balaban J connectivity index is 2.38. The predicted molar refractivity (Wildman–Crippen MR) is 73.5 cm³/mol. The van der Waals surface area contributed by atoms with Crippen LogP contribution in [0.3, 0.4) is 0 Å². The van der Waals surface area contributed by atoms with Crippen LogP contribution in [0.2, 0.25) is 5.02 Å². The van der Waals surface area contributed by atoms with Crippen molar-refractivity contribution in [1.82, 2.24) is 0 Å². The van der Waals surface area contributed by atoms with Gasteiger partial charge < -0.3 is 5.11 Å². The summed E-state index contributed by atoms with van der Waals surface area (Å²) in [7, 11) is -4.08. The first-order valence-electron chi connectivity index (χ1n) is 5.10. The van der Waals surface area contributed by atoms with Crippen LogP contribution in [0.15, 0.2) is 34.5 Å². The van der Waals surface area contributed by atoms with Gasteiger partial charge in [0.25, 0.3) is 10.0 Å². The molecule has 2 N–H and O–H groups in total. The molecule has 1 aromatic carbocycles. The van der Waals surface area contributed by atoms with Gasteiger partial charge in [-0.3, -0.25) is 4.72 Å². The number of nitrogens with one attached hydrogen (secondary N) is 1. The lowest BCUT2D eigenvalue weighted by Crippen LogP contribution is -2.15. The zero-order valence-corrected chi connectivity index (χ0v) is 12.0. The quantitative estimate of drug-likeness (QED) is 0.899. The number of anilines is 1. The van der Waals surface area contributed by atoms with E-state index in [0.717, 1.165) is 23.5 Å². The van der Waals surface area contributed by atoms with Crippen molar-refractivity contribution in [2.75, 3.05) is 4.72 Å². The van der Waals surface area contributed by atoms with Crippen molar-refractivity contribution in [1.29, 1.82) is 0 Å². The molecule has 0 spiro atoms. The van der Waals surface area contributed by atoms with Crippen molar-refractivity contribution < 1.29 is 22.7 Å². The van der Waals surface area contributed by atoms with Crippen LogP contribution in [0.25, 0.3) is 0 Å². The Hall–Kier alpha value is -1.64. The first-order valence-corrected chi connectivity index (χ1v) is 7.84. The molecule has 106 valence electrons. The molecule has 1 aromatic heterocycles. The second-order valence-corrected chi connectivity index (χ2v) is 6.63. The number of sulfonamides is 1. The molecule has 0 aliphatic carbocycles. The topological polar surface area (TPSA) is 83.5 Å². The van der Waals surface area contributed by atoms with E-state index in [0.29, 0.717) is 0 Å². The first kappa shape index (κ1) is 14.8. The van der Waals surface area contributed by atoms with Crippen molar-refractivity contribution in [3.05, 3.63) is 45.4 Å². The van der Waals surface area contributed by atoms with Gasteiger partial charge in [-0.05, 0) is 29.6 Å². The molecule has 20 heavy (non-hydrogen) atoms. The zero-order chi connectivity index (χ0) is 14.9. The summed E-state index contributed by atoms with van der Waals surface area (Å²) in [4.78, 5) is 10.3. The monoisotopic (exact) mass is 335 g/mol. The van der Waals surface area contributed by atoms with Gasteiger partial charge in [0.2, 0.25) is 0 Å². The van der Waals surface area contributed by atoms with E-state index < -0.39 is 21.8 Å². The average Bonchev–Trinajstić information content (AvgIpc) is 2.83. The minimum absolute atomic E-state index is 0.0407. The predicted octanol–water partition coefficient (Wildman–Crippen LogP) is 3.04. The fourth-order valence-corrected chi connectivity index (χ4v) is 3.93. The summed E-state index contributed by atoms with van der Waals surface area (Å²) in [5.74, 6) is -2.02. The summed E-state index contributed by atoms with van der Waals surface area (Å²) in [6.07, 6.45) is 0. The number of hydrogen-bond acceptors (Lipinski definition) is 4. The molecule has 2 aromatic rings. The summed E-state index contributed by atoms with van der Waals surface area (Å²) in [6, 6.07) is 4.47. The Morgan fingerprint density at radius 2 is 2.05 bits per heavy atom. The molecule has 0 bridgehead atoms. The second kappa shape index (κ2) is 5.39. The number of carboxylic acids is 1. The number of benzene rings is 1. The third kappa shape index (κ3) is 2.92. The van der Waals surface area contributed by atoms with Crippen molar-refractivity contribution in [2.24, 2.45) is 0 Å². The van der Waals surface area contributed by atoms with Crippen molar-refractivity contribution >= 4 is 44.6 Å². The van der Waals surface area contributed by atoms with Gasteiger partial charge in [0.15, 0.2) is 0 Å². The maximum atomic E-state index is 13.0. The van der Waals surface area contributed by atoms with Crippen LogP contribution in [0.4, 0.5) is 10.1 Å². The van der Waals surface area contributed by atoms with Crippen LogP contribution >= 0.6 is 22.9 Å². The molecule has 0 atom stereocenters. The SMILES string of the molecule is O=C(O)c1sccc1S(=O)(=O)Nc1ccc(F)c(Cl)c1. The van der Waals surface area contributed by atoms with Crippen molar-refractivity contribution in [2.45, 2.75) is 4.90 Å². The molecule has 2 rings (SSSR count). The molecular formula is C11H7ClFNO4S2. The summed E-state index contributed by atoms with van der Waals surface area (Å²) in [6.45, 7) is 0. The number of carboxylic acid groups (broad SMARTS) is 1. The fraction of sp³-hybridized carbons (Fsp3) is 0. The highest BCUT2D eigenvalue weighted by Gasteiger charge is 2.24. The summed E-state index contributed by atoms with van der Waals surface area (Å²) in [5, 5.41) is 10.0. The largest absolute Gasteiger partial charge is 0.477 e. The molecule has 0 aliphatic heterocycles. The van der Waals surface area contributed by atoms with Gasteiger partial charge in [0.1, 0.15) is 15.6 Å². The van der Waals surface area contributed by atoms with Gasteiger partial charge in [0, 0.05) is 0 Å². The lowest BCUT2D eigenvalue weighted by atomic mass is 10.3. The Morgan fingerprint density at radius 1 is 1.35 bits per heavy atom. The van der Waals surface area contributed by atoms with Crippen LogP contribution in [-0.2, 0) is 10.0 Å². The number of halogens is 2. The molecule has 9 heteroatoms. The van der Waals surface area contributed by atoms with Crippen LogP contribution in [-0.4, -0.2) is 19.5 Å². The van der Waals surface area contributed by atoms with Crippen LogP contribution < -0.4 is 4.72 Å². The van der Waals surface area contributed by atoms with Crippen LogP contribution in [0.1, 0.15) is 9.67 Å². The number of carbonyl (C=O) groups is 1. The van der Waals surface area contributed by atoms with Crippen molar-refractivity contribution in [3.8, 4) is 0 Å². The number of aromatic carboxylic acids is 1. The maximum absolute atomic E-state index is 13.0. The Morgan fingerprint density at radius 3 is 2.65 bits per heavy atom. The lowest BCUT2D eigenvalue weighted by molar-refractivity contribution is 0.0698. The third-order valence-corrected chi connectivity index (χ3v) is 5.03. The highest BCUT2D eigenvalue weighted by atomic mass is 35.5. The lowest BCUT2D eigenvalue weighted by Gasteiger charge is -2.08. The Labute approximate surface area is 122 Å². The van der Waals surface area contributed by atoms with Gasteiger partial charge in [-0.25, -0.2) is 17.6 Å². The number of hydrogen-bond donors (Lipinski definition) is 2. The molecule has 0 aliphatic rings. The summed E-state index contributed by atoms with van der Waals surface area (Å²) < 4.78 is 39.3. The normalized spacial score (nSPS) is 11.3. The molecule has 1 heterocycles. The molecule has 0 radical (unpaired) electrons. The molecule has 5 nitrogen and oxygen atoms in total. The Kier molecular flexibility index (Phi) is 3.98. The highest BCUT2D eigenvalue weighted by molar-refractivity contribution is 7.93. The van der Waals surface area contributed by atoms with E-state index >= 15 is 0 Å². The standard InChI is InChI=1S/C11H7ClFNO4S2/c12-7-5-6(1-2-8(7)13)14-20(17,18)9-3-4-19-10(9)11(15)16/h1-5,14H,(H,15,16). The van der Waals surface area contributed by atoms with E-state index in [9.17, 15) is 17.6 Å². The molecular weight excluding hydrogens is 329 g/mol. The average molecular weight is 336 g/mol. The van der Waals surface area contributed by atoms with E-state index in [1.54, 1.807) is 0 Å². The minimum atomic E-state index is -4.08. The van der Waals surface area contributed by atoms with Gasteiger partial charge in [0.05, 0.1) is 10.7 Å². The second-order valence-electron chi connectivity index (χ2n) is 3.65. The minimum Gasteiger partial charge on any atom is -0.477 e. The maximum Gasteiger partial charge on any atom is 0.347 e. The third-order valence-electron chi connectivity index (χ3n) is 2.28. The van der Waals surface area contributed by atoms with Gasteiger partial charge in [-0.2, -0.15) is 0 Å². The number of thiophene rings is 1. The van der Waals surface area contributed by atoms with Crippen LogP contribution in [0, 0.1) is 5.82 Å². The van der Waals surface area contributed by atoms with Gasteiger partial charge in [-0.1, -0.05) is 11.6 Å². The molecule has 0 saturated carbocycles. The van der Waals surface area contributed by atoms with Crippen LogP contribution in [0.5, 0.6) is 0 Å². The highest BCUT2D eigenvalue weighted by Crippen LogP contribution is 2.26. The molecule has 0 saturated heterocycles. The molecule has 0 fully saturated rings. The van der Waals surface area contributed by atoms with Crippen molar-refractivity contribution in [3.63, 3.8) is 0 Å². The van der Waals surface area contributed by atoms with E-state index in [2.05, 4.69) is 4.72 Å².